The maximum atomic E-state index is 2.47. The summed E-state index contributed by atoms with van der Waals surface area (Å²) in [5, 5.41) is 0. The highest BCUT2D eigenvalue weighted by Gasteiger charge is 2.14. The van der Waals surface area contributed by atoms with Gasteiger partial charge in [-0.2, -0.15) is 0 Å². The zero-order chi connectivity index (χ0) is 9.61. The van der Waals surface area contributed by atoms with Gasteiger partial charge >= 0.3 is 0 Å². The van der Waals surface area contributed by atoms with Crippen LogP contribution >= 0.6 is 0 Å². The molecule has 0 aliphatic carbocycles. The molecular weight excluding hydrogens is 144 g/mol. The van der Waals surface area contributed by atoms with Gasteiger partial charge in [0.25, 0.3) is 0 Å². The molecule has 0 N–H and O–H groups in total. The SMILES string of the molecule is CCC(C)C[CH]CC(C)(C)CC. The maximum Gasteiger partial charge on any atom is -0.0354 e. The van der Waals surface area contributed by atoms with Crippen LogP contribution in [-0.2, 0) is 0 Å². The lowest BCUT2D eigenvalue weighted by Gasteiger charge is -2.22. The van der Waals surface area contributed by atoms with Crippen LogP contribution in [0.5, 0.6) is 0 Å². The predicted molar refractivity (Wildman–Crippen MR) is 57.1 cm³/mol. The summed E-state index contributed by atoms with van der Waals surface area (Å²) in [6.07, 6.45) is 7.62. The highest BCUT2D eigenvalue weighted by Crippen LogP contribution is 2.27. The Bertz CT molecular complexity index is 103. The summed E-state index contributed by atoms with van der Waals surface area (Å²) in [7, 11) is 0. The zero-order valence-electron chi connectivity index (χ0n) is 9.48. The average molecular weight is 169 g/mol. The van der Waals surface area contributed by atoms with Crippen LogP contribution in [0.25, 0.3) is 0 Å². The second-order valence-electron chi connectivity index (χ2n) is 4.76. The van der Waals surface area contributed by atoms with Gasteiger partial charge in [0.2, 0.25) is 0 Å². The Hall–Kier alpha value is 0. The standard InChI is InChI=1S/C12H25/c1-6-11(3)9-8-10-12(4,5)7-2/h8,11H,6-7,9-10H2,1-5H3. The van der Waals surface area contributed by atoms with E-state index in [1.807, 2.05) is 0 Å². The Morgan fingerprint density at radius 2 is 1.83 bits per heavy atom. The lowest BCUT2D eigenvalue weighted by Crippen LogP contribution is -2.10. The summed E-state index contributed by atoms with van der Waals surface area (Å²) < 4.78 is 0. The van der Waals surface area contributed by atoms with Gasteiger partial charge in [-0.1, -0.05) is 47.5 Å². The first-order valence-corrected chi connectivity index (χ1v) is 5.33. The minimum Gasteiger partial charge on any atom is -0.0651 e. The van der Waals surface area contributed by atoms with E-state index in [-0.39, 0.29) is 0 Å². The topological polar surface area (TPSA) is 0 Å². The molecular formula is C12H25. The fourth-order valence-corrected chi connectivity index (χ4v) is 1.07. The van der Waals surface area contributed by atoms with Gasteiger partial charge in [0, 0.05) is 0 Å². The van der Waals surface area contributed by atoms with Crippen molar-refractivity contribution in [3.8, 4) is 0 Å². The summed E-state index contributed by atoms with van der Waals surface area (Å²) >= 11 is 0. The molecule has 0 aliphatic heterocycles. The van der Waals surface area contributed by atoms with Crippen molar-refractivity contribution in [2.24, 2.45) is 11.3 Å². The van der Waals surface area contributed by atoms with Crippen LogP contribution in [0.15, 0.2) is 0 Å². The largest absolute Gasteiger partial charge is 0.0651 e. The van der Waals surface area contributed by atoms with Crippen LogP contribution in [0.2, 0.25) is 0 Å². The van der Waals surface area contributed by atoms with E-state index < -0.39 is 0 Å². The normalized spacial score (nSPS) is 14.8. The number of hydrogen-bond donors (Lipinski definition) is 0. The van der Waals surface area contributed by atoms with E-state index >= 15 is 0 Å². The van der Waals surface area contributed by atoms with Gasteiger partial charge in [-0.15, -0.1) is 0 Å². The predicted octanol–water partition coefficient (Wildman–Crippen LogP) is 4.45. The van der Waals surface area contributed by atoms with E-state index in [0.717, 1.165) is 5.92 Å². The summed E-state index contributed by atoms with van der Waals surface area (Å²) in [5.74, 6) is 0.873. The Labute approximate surface area is 78.8 Å². The van der Waals surface area contributed by atoms with Crippen LogP contribution < -0.4 is 0 Å². The third-order valence-electron chi connectivity index (χ3n) is 2.92. The van der Waals surface area contributed by atoms with E-state index in [4.69, 9.17) is 0 Å². The van der Waals surface area contributed by atoms with Gasteiger partial charge in [0.1, 0.15) is 0 Å². The van der Waals surface area contributed by atoms with Crippen LogP contribution in [0.3, 0.4) is 0 Å². The zero-order valence-corrected chi connectivity index (χ0v) is 9.48. The first-order valence-electron chi connectivity index (χ1n) is 5.33. The molecule has 0 aliphatic rings. The molecule has 0 aromatic rings. The van der Waals surface area contributed by atoms with Crippen molar-refractivity contribution in [2.45, 2.75) is 60.3 Å². The van der Waals surface area contributed by atoms with Crippen molar-refractivity contribution in [2.75, 3.05) is 0 Å². The van der Waals surface area contributed by atoms with E-state index in [0.29, 0.717) is 5.41 Å². The van der Waals surface area contributed by atoms with Crippen LogP contribution in [-0.4, -0.2) is 0 Å². The van der Waals surface area contributed by atoms with Crippen molar-refractivity contribution in [3.05, 3.63) is 6.42 Å². The third-order valence-corrected chi connectivity index (χ3v) is 2.92. The third kappa shape index (κ3) is 5.62. The molecule has 0 spiro atoms. The molecule has 0 bridgehead atoms. The molecule has 1 atom stereocenters. The fraction of sp³-hybridized carbons (Fsp3) is 0.917. The van der Waals surface area contributed by atoms with Crippen molar-refractivity contribution >= 4 is 0 Å². The Morgan fingerprint density at radius 3 is 2.25 bits per heavy atom. The van der Waals surface area contributed by atoms with Gasteiger partial charge in [0.15, 0.2) is 0 Å². The molecule has 73 valence electrons. The van der Waals surface area contributed by atoms with Gasteiger partial charge < -0.3 is 0 Å². The van der Waals surface area contributed by atoms with Gasteiger partial charge in [-0.25, -0.2) is 0 Å². The minimum atomic E-state index is 0.521. The van der Waals surface area contributed by atoms with Gasteiger partial charge in [0.05, 0.1) is 0 Å². The molecule has 0 amide bonds. The summed E-state index contributed by atoms with van der Waals surface area (Å²) in [6.45, 7) is 11.6. The summed E-state index contributed by atoms with van der Waals surface area (Å²) in [6, 6.07) is 0. The van der Waals surface area contributed by atoms with Gasteiger partial charge in [-0.05, 0) is 30.6 Å². The fourth-order valence-electron chi connectivity index (χ4n) is 1.07. The van der Waals surface area contributed by atoms with Crippen molar-refractivity contribution < 1.29 is 0 Å². The smallest absolute Gasteiger partial charge is 0.0354 e. The molecule has 0 rings (SSSR count). The van der Waals surface area contributed by atoms with E-state index in [2.05, 4.69) is 41.0 Å². The highest BCUT2D eigenvalue weighted by molar-refractivity contribution is 4.77. The minimum absolute atomic E-state index is 0.521. The first-order chi connectivity index (χ1) is 5.52. The molecule has 12 heavy (non-hydrogen) atoms. The monoisotopic (exact) mass is 169 g/mol. The lowest BCUT2D eigenvalue weighted by molar-refractivity contribution is 0.335. The van der Waals surface area contributed by atoms with Crippen LogP contribution in [0.1, 0.15) is 60.3 Å². The van der Waals surface area contributed by atoms with Crippen molar-refractivity contribution in [1.29, 1.82) is 0 Å². The summed E-state index contributed by atoms with van der Waals surface area (Å²) in [5.41, 5.74) is 0.521. The van der Waals surface area contributed by atoms with Crippen LogP contribution in [0, 0.1) is 17.8 Å². The molecule has 0 nitrogen and oxygen atoms in total. The van der Waals surface area contributed by atoms with E-state index in [1.54, 1.807) is 0 Å². The average Bonchev–Trinajstić information content (AvgIpc) is 2.04. The molecule has 1 radical (unpaired) electrons. The molecule has 0 heteroatoms. The highest BCUT2D eigenvalue weighted by atomic mass is 14.2. The molecule has 0 aromatic carbocycles. The molecule has 0 saturated carbocycles. The second-order valence-corrected chi connectivity index (χ2v) is 4.76. The molecule has 0 heterocycles. The van der Waals surface area contributed by atoms with Crippen molar-refractivity contribution in [3.63, 3.8) is 0 Å². The van der Waals surface area contributed by atoms with Gasteiger partial charge in [-0.3, -0.25) is 0 Å². The summed E-state index contributed by atoms with van der Waals surface area (Å²) in [4.78, 5) is 0. The van der Waals surface area contributed by atoms with E-state index in [9.17, 15) is 0 Å². The van der Waals surface area contributed by atoms with Crippen LogP contribution in [0.4, 0.5) is 0 Å². The molecule has 0 aromatic heterocycles. The maximum absolute atomic E-state index is 2.47. The number of rotatable bonds is 6. The Kier molecular flexibility index (Phi) is 5.61. The Morgan fingerprint density at radius 1 is 1.25 bits per heavy atom. The van der Waals surface area contributed by atoms with Crippen molar-refractivity contribution in [1.82, 2.24) is 0 Å². The number of hydrogen-bond acceptors (Lipinski definition) is 0. The molecule has 1 unspecified atom stereocenters. The quantitative estimate of drug-likeness (QED) is 0.551. The molecule has 0 saturated heterocycles. The first kappa shape index (κ1) is 12.0. The molecule has 0 fully saturated rings. The second kappa shape index (κ2) is 5.61. The van der Waals surface area contributed by atoms with E-state index in [1.165, 1.54) is 25.7 Å². The lowest BCUT2D eigenvalue weighted by atomic mass is 9.83. The Balaban J connectivity index is 3.42.